The summed E-state index contributed by atoms with van der Waals surface area (Å²) in [6.07, 6.45) is 0. The van der Waals surface area contributed by atoms with Crippen molar-refractivity contribution in [2.24, 2.45) is 4.99 Å². The van der Waals surface area contributed by atoms with Crippen LogP contribution >= 0.6 is 11.6 Å². The molecule has 2 heterocycles. The van der Waals surface area contributed by atoms with E-state index in [9.17, 15) is 0 Å². The average molecular weight is 333 g/mol. The van der Waals surface area contributed by atoms with Crippen LogP contribution in [0, 0.1) is 0 Å². The van der Waals surface area contributed by atoms with Gasteiger partial charge in [-0.3, -0.25) is 0 Å². The fourth-order valence-corrected chi connectivity index (χ4v) is 3.14. The molecule has 0 aromatic heterocycles. The summed E-state index contributed by atoms with van der Waals surface area (Å²) in [6, 6.07) is 13.6. The Kier molecular flexibility index (Phi) is 2.93. The van der Waals surface area contributed by atoms with Crippen molar-refractivity contribution in [3.8, 4) is 0 Å². The standard InChI is InChI=1S/C18H19ClN4/c1-22-8-10-23(11-9-22)18-14-4-2-3-5-15(14)20-16-7-6-13(19)12-17(16)21-18/h2-7,12,20H,8-11H2,1H3/i1T3. The van der Waals surface area contributed by atoms with Gasteiger partial charge in [-0.25, -0.2) is 4.99 Å². The quantitative estimate of drug-likeness (QED) is 0.797. The zero-order valence-electron chi connectivity index (χ0n) is 15.6. The van der Waals surface area contributed by atoms with Gasteiger partial charge >= 0.3 is 0 Å². The van der Waals surface area contributed by atoms with Gasteiger partial charge in [0.2, 0.25) is 0 Å². The summed E-state index contributed by atoms with van der Waals surface area (Å²) >= 11 is 6.16. The third-order valence-corrected chi connectivity index (χ3v) is 4.44. The van der Waals surface area contributed by atoms with E-state index < -0.39 is 6.98 Å². The van der Waals surface area contributed by atoms with Gasteiger partial charge in [-0.1, -0.05) is 23.7 Å². The van der Waals surface area contributed by atoms with E-state index >= 15 is 0 Å². The monoisotopic (exact) mass is 332 g/mol. The van der Waals surface area contributed by atoms with Crippen molar-refractivity contribution in [3.63, 3.8) is 0 Å². The third-order valence-electron chi connectivity index (χ3n) is 4.20. The fraction of sp³-hybridized carbons (Fsp3) is 0.278. The molecule has 0 radical (unpaired) electrons. The van der Waals surface area contributed by atoms with Gasteiger partial charge in [-0.2, -0.15) is 0 Å². The first kappa shape index (κ1) is 11.5. The Balaban J connectivity index is 1.72. The highest BCUT2D eigenvalue weighted by atomic mass is 35.5. The summed E-state index contributed by atoms with van der Waals surface area (Å²) in [5, 5.41) is 4.06. The zero-order chi connectivity index (χ0) is 18.3. The number of nitrogens with zero attached hydrogens (tertiary/aromatic N) is 3. The molecule has 2 aliphatic heterocycles. The summed E-state index contributed by atoms with van der Waals surface area (Å²) in [5.74, 6) is 0.847. The maximum atomic E-state index is 7.59. The highest BCUT2D eigenvalue weighted by Crippen LogP contribution is 2.36. The van der Waals surface area contributed by atoms with Crippen molar-refractivity contribution < 1.29 is 4.11 Å². The van der Waals surface area contributed by atoms with Crippen LogP contribution in [0.2, 0.25) is 5.02 Å². The van der Waals surface area contributed by atoms with Gasteiger partial charge in [-0.05, 0) is 37.3 Å². The van der Waals surface area contributed by atoms with Crippen LogP contribution in [0.25, 0.3) is 0 Å². The SMILES string of the molecule is [3H]C([3H])([3H])N1CCN(C2=Nc3cc(Cl)ccc3Nc3ccccc32)CC1. The molecule has 0 amide bonds. The number of fused-ring (bicyclic) bond motifs is 2. The molecule has 4 nitrogen and oxygen atoms in total. The minimum Gasteiger partial charge on any atom is -0.353 e. The molecule has 0 bridgehead atoms. The van der Waals surface area contributed by atoms with Crippen molar-refractivity contribution in [1.82, 2.24) is 9.80 Å². The zero-order valence-corrected chi connectivity index (χ0v) is 13.3. The minimum atomic E-state index is -2.04. The number of benzene rings is 2. The summed E-state index contributed by atoms with van der Waals surface area (Å²) in [4.78, 5) is 8.58. The second-order valence-corrected chi connectivity index (χ2v) is 6.18. The van der Waals surface area contributed by atoms with Gasteiger partial charge in [0, 0.05) is 46.6 Å². The minimum absolute atomic E-state index is 0.480. The first-order chi connectivity index (χ1) is 12.4. The van der Waals surface area contributed by atoms with Crippen LogP contribution in [0.5, 0.6) is 0 Å². The lowest BCUT2D eigenvalue weighted by atomic mass is 10.1. The molecule has 0 unspecified atom stereocenters. The molecule has 0 aliphatic carbocycles. The van der Waals surface area contributed by atoms with Crippen LogP contribution in [-0.2, 0) is 0 Å². The van der Waals surface area contributed by atoms with E-state index in [0.717, 1.165) is 28.5 Å². The van der Waals surface area contributed by atoms with Crippen LogP contribution < -0.4 is 5.32 Å². The highest BCUT2D eigenvalue weighted by Gasteiger charge is 2.23. The molecule has 1 fully saturated rings. The maximum Gasteiger partial charge on any atom is 0.138 e. The predicted octanol–water partition coefficient (Wildman–Crippen LogP) is 3.72. The summed E-state index contributed by atoms with van der Waals surface area (Å²) in [6.45, 7) is 0.140. The highest BCUT2D eigenvalue weighted by molar-refractivity contribution is 6.31. The van der Waals surface area contributed by atoms with Crippen molar-refractivity contribution in [3.05, 3.63) is 53.1 Å². The molecule has 5 heteroatoms. The van der Waals surface area contributed by atoms with E-state index in [1.165, 1.54) is 4.90 Å². The smallest absolute Gasteiger partial charge is 0.138 e. The van der Waals surface area contributed by atoms with Gasteiger partial charge < -0.3 is 15.1 Å². The van der Waals surface area contributed by atoms with E-state index in [4.69, 9.17) is 20.7 Å². The second kappa shape index (κ2) is 5.87. The molecular formula is C18H19ClN4. The lowest BCUT2D eigenvalue weighted by molar-refractivity contribution is 0.216. The molecule has 4 rings (SSSR count). The van der Waals surface area contributed by atoms with Crippen molar-refractivity contribution >= 4 is 34.5 Å². The Morgan fingerprint density at radius 3 is 2.74 bits per heavy atom. The summed E-state index contributed by atoms with van der Waals surface area (Å²) in [5.41, 5.74) is 3.66. The molecule has 1 saturated heterocycles. The number of anilines is 2. The molecule has 1 N–H and O–H groups in total. The molecule has 0 spiro atoms. The van der Waals surface area contributed by atoms with Gasteiger partial charge in [0.15, 0.2) is 0 Å². The molecule has 2 aromatic carbocycles. The number of para-hydroxylation sites is 1. The number of hydrogen-bond donors (Lipinski definition) is 1. The Morgan fingerprint density at radius 2 is 1.91 bits per heavy atom. The van der Waals surface area contributed by atoms with Crippen molar-refractivity contribution in [2.75, 3.05) is 38.5 Å². The van der Waals surface area contributed by atoms with Crippen LogP contribution in [0.1, 0.15) is 9.68 Å². The van der Waals surface area contributed by atoms with Crippen LogP contribution in [0.4, 0.5) is 17.1 Å². The first-order valence-electron chi connectivity index (χ1n) is 9.16. The average Bonchev–Trinajstić information content (AvgIpc) is 2.77. The van der Waals surface area contributed by atoms with E-state index in [1.54, 1.807) is 0 Å². The van der Waals surface area contributed by atoms with Crippen LogP contribution in [0.3, 0.4) is 0 Å². The Bertz CT molecular complexity index is 858. The summed E-state index contributed by atoms with van der Waals surface area (Å²) in [7, 11) is 0. The molecular weight excluding hydrogens is 308 g/mol. The Hall–Kier alpha value is -2.04. The van der Waals surface area contributed by atoms with E-state index in [2.05, 4.69) is 10.2 Å². The van der Waals surface area contributed by atoms with E-state index in [1.807, 2.05) is 42.5 Å². The van der Waals surface area contributed by atoms with Crippen LogP contribution in [-0.4, -0.2) is 48.8 Å². The van der Waals surface area contributed by atoms with Gasteiger partial charge in [0.1, 0.15) is 5.84 Å². The summed E-state index contributed by atoms with van der Waals surface area (Å²) < 4.78 is 22.8. The second-order valence-electron chi connectivity index (χ2n) is 5.74. The lowest BCUT2D eigenvalue weighted by Crippen LogP contribution is -2.47. The normalized spacial score (nSPS) is 20.1. The predicted molar refractivity (Wildman–Crippen MR) is 96.4 cm³/mol. The maximum absolute atomic E-state index is 7.59. The van der Waals surface area contributed by atoms with Gasteiger partial charge in [0.05, 0.1) is 11.4 Å². The number of nitrogens with one attached hydrogen (secondary N) is 1. The molecule has 0 atom stereocenters. The van der Waals surface area contributed by atoms with Gasteiger partial charge in [-0.15, -0.1) is 0 Å². The van der Waals surface area contributed by atoms with E-state index in [0.29, 0.717) is 31.2 Å². The van der Waals surface area contributed by atoms with Crippen LogP contribution in [0.15, 0.2) is 47.5 Å². The molecule has 2 aliphatic rings. The third kappa shape index (κ3) is 2.80. The molecule has 2 aromatic rings. The topological polar surface area (TPSA) is 30.9 Å². The first-order valence-corrected chi connectivity index (χ1v) is 8.04. The van der Waals surface area contributed by atoms with Gasteiger partial charge in [0.25, 0.3) is 0 Å². The molecule has 118 valence electrons. The lowest BCUT2D eigenvalue weighted by Gasteiger charge is -2.34. The number of likely N-dealkylation sites (N-methyl/N-ethyl adjacent to an activating group) is 1. The Labute approximate surface area is 145 Å². The number of piperazine rings is 1. The fourth-order valence-electron chi connectivity index (χ4n) is 2.97. The number of aliphatic imine (C=N–C) groups is 1. The largest absolute Gasteiger partial charge is 0.353 e. The number of hydrogen-bond acceptors (Lipinski definition) is 4. The molecule has 0 saturated carbocycles. The van der Waals surface area contributed by atoms with Crippen molar-refractivity contribution in [1.29, 1.82) is 0 Å². The number of rotatable bonds is 0. The Morgan fingerprint density at radius 1 is 1.09 bits per heavy atom. The molecule has 23 heavy (non-hydrogen) atoms. The number of halogens is 1. The number of amidine groups is 1. The van der Waals surface area contributed by atoms with E-state index in [-0.39, 0.29) is 0 Å². The van der Waals surface area contributed by atoms with Crippen molar-refractivity contribution in [2.45, 2.75) is 0 Å².